The molecule has 3 heterocycles. The highest BCUT2D eigenvalue weighted by Gasteiger charge is 2.33. The summed E-state index contributed by atoms with van der Waals surface area (Å²) >= 11 is 3.24. The van der Waals surface area contributed by atoms with E-state index in [9.17, 15) is 4.79 Å². The Balaban J connectivity index is 1.64. The zero-order valence-electron chi connectivity index (χ0n) is 13.4. The van der Waals surface area contributed by atoms with Crippen LogP contribution in [0, 0.1) is 6.92 Å². The van der Waals surface area contributed by atoms with Crippen LogP contribution in [0.2, 0.25) is 0 Å². The minimum absolute atomic E-state index is 0.128. The zero-order chi connectivity index (χ0) is 16.5. The maximum absolute atomic E-state index is 13.1. The number of nitrogens with zero attached hydrogens (tertiary/aromatic N) is 2. The first-order valence-electron chi connectivity index (χ1n) is 8.11. The van der Waals surface area contributed by atoms with Crippen LogP contribution in [0.5, 0.6) is 0 Å². The van der Waals surface area contributed by atoms with Gasteiger partial charge in [0.05, 0.1) is 11.7 Å². The van der Waals surface area contributed by atoms with Gasteiger partial charge in [-0.05, 0) is 31.2 Å². The smallest absolute Gasteiger partial charge is 0.266 e. The van der Waals surface area contributed by atoms with Crippen LogP contribution in [0.3, 0.4) is 0 Å². The summed E-state index contributed by atoms with van der Waals surface area (Å²) in [6, 6.07) is 14.5. The third kappa shape index (κ3) is 2.78. The molecule has 1 aliphatic heterocycles. The molecular formula is C19H18N2OS2. The number of thiophene rings is 1. The molecule has 0 aliphatic carbocycles. The molecule has 1 amide bonds. The van der Waals surface area contributed by atoms with Gasteiger partial charge in [-0.2, -0.15) is 0 Å². The molecule has 24 heavy (non-hydrogen) atoms. The van der Waals surface area contributed by atoms with Gasteiger partial charge in [0.25, 0.3) is 5.91 Å². The Labute approximate surface area is 149 Å². The minimum Gasteiger partial charge on any atom is -0.330 e. The van der Waals surface area contributed by atoms with E-state index in [1.807, 2.05) is 42.2 Å². The van der Waals surface area contributed by atoms with Crippen LogP contribution in [-0.2, 0) is 0 Å². The van der Waals surface area contributed by atoms with Crippen molar-refractivity contribution in [1.29, 1.82) is 0 Å². The molecule has 0 N–H and O–H groups in total. The van der Waals surface area contributed by atoms with Crippen molar-refractivity contribution in [3.05, 3.63) is 63.3 Å². The number of thiazole rings is 1. The van der Waals surface area contributed by atoms with Crippen LogP contribution in [0.25, 0.3) is 10.6 Å². The number of carbonyl (C=O) groups excluding carboxylic acids is 1. The predicted molar refractivity (Wildman–Crippen MR) is 99.6 cm³/mol. The van der Waals surface area contributed by atoms with E-state index in [1.54, 1.807) is 11.3 Å². The molecule has 0 unspecified atom stereocenters. The van der Waals surface area contributed by atoms with Crippen molar-refractivity contribution >= 4 is 28.6 Å². The number of hydrogen-bond donors (Lipinski definition) is 0. The molecule has 1 aliphatic rings. The first-order chi connectivity index (χ1) is 11.7. The number of carbonyl (C=O) groups is 1. The number of aromatic nitrogens is 1. The average molecular weight is 354 g/mol. The van der Waals surface area contributed by atoms with Gasteiger partial charge >= 0.3 is 0 Å². The lowest BCUT2D eigenvalue weighted by atomic mass is 10.2. The van der Waals surface area contributed by atoms with Crippen LogP contribution in [-0.4, -0.2) is 22.3 Å². The van der Waals surface area contributed by atoms with Gasteiger partial charge in [-0.3, -0.25) is 4.79 Å². The molecule has 2 aromatic heterocycles. The van der Waals surface area contributed by atoms with E-state index in [4.69, 9.17) is 0 Å². The summed E-state index contributed by atoms with van der Waals surface area (Å²) in [5, 5.41) is 3.00. The summed E-state index contributed by atoms with van der Waals surface area (Å²) < 4.78 is 0. The maximum atomic E-state index is 13.1. The molecule has 3 aromatic rings. The Hall–Kier alpha value is -1.98. The third-order valence-corrected chi connectivity index (χ3v) is 6.56. The Morgan fingerprint density at radius 2 is 2.04 bits per heavy atom. The molecule has 1 saturated heterocycles. The van der Waals surface area contributed by atoms with Gasteiger partial charge < -0.3 is 4.90 Å². The highest BCUT2D eigenvalue weighted by atomic mass is 32.1. The monoisotopic (exact) mass is 354 g/mol. The summed E-state index contributed by atoms with van der Waals surface area (Å²) in [7, 11) is 0. The molecule has 122 valence electrons. The van der Waals surface area contributed by atoms with E-state index in [2.05, 4.69) is 22.5 Å². The quantitative estimate of drug-likeness (QED) is 0.651. The molecule has 1 aromatic carbocycles. The van der Waals surface area contributed by atoms with Crippen LogP contribution in [0.1, 0.15) is 39.1 Å². The van der Waals surface area contributed by atoms with Crippen molar-refractivity contribution in [3.8, 4) is 10.6 Å². The lowest BCUT2D eigenvalue weighted by Crippen LogP contribution is -2.30. The van der Waals surface area contributed by atoms with Gasteiger partial charge in [0.15, 0.2) is 0 Å². The van der Waals surface area contributed by atoms with Crippen LogP contribution < -0.4 is 0 Å². The van der Waals surface area contributed by atoms with Crippen LogP contribution >= 0.6 is 22.7 Å². The molecule has 4 rings (SSSR count). The predicted octanol–water partition coefficient (Wildman–Crippen LogP) is 5.16. The SMILES string of the molecule is Cc1nc(-c2ccccc2)sc1C(=O)N1CCC[C@@H]1c1cccs1. The van der Waals surface area contributed by atoms with Gasteiger partial charge in [0.2, 0.25) is 0 Å². The summed E-state index contributed by atoms with van der Waals surface area (Å²) in [6.45, 7) is 2.77. The standard InChI is InChI=1S/C19H18N2OS2/c1-13-17(24-18(20-13)14-7-3-2-4-8-14)19(22)21-11-5-9-15(21)16-10-6-12-23-16/h2-4,6-8,10,12,15H,5,9,11H2,1H3/t15-/m1/s1. The first-order valence-corrected chi connectivity index (χ1v) is 9.81. The van der Waals surface area contributed by atoms with Crippen LogP contribution in [0.15, 0.2) is 47.8 Å². The Bertz CT molecular complexity index is 840. The molecule has 0 radical (unpaired) electrons. The lowest BCUT2D eigenvalue weighted by molar-refractivity contribution is 0.0742. The fraction of sp³-hybridized carbons (Fsp3) is 0.263. The maximum Gasteiger partial charge on any atom is 0.266 e. The Kier molecular flexibility index (Phi) is 4.21. The molecule has 0 bridgehead atoms. The van der Waals surface area contributed by atoms with Crippen molar-refractivity contribution < 1.29 is 4.79 Å². The van der Waals surface area contributed by atoms with E-state index >= 15 is 0 Å². The van der Waals surface area contributed by atoms with E-state index in [0.717, 1.165) is 40.5 Å². The molecule has 0 spiro atoms. The Morgan fingerprint density at radius 3 is 2.79 bits per heavy atom. The van der Waals surface area contributed by atoms with Crippen molar-refractivity contribution in [2.45, 2.75) is 25.8 Å². The van der Waals surface area contributed by atoms with Crippen molar-refractivity contribution in [1.82, 2.24) is 9.88 Å². The topological polar surface area (TPSA) is 33.2 Å². The van der Waals surface area contributed by atoms with Gasteiger partial charge in [0, 0.05) is 17.0 Å². The van der Waals surface area contributed by atoms with Gasteiger partial charge in [-0.25, -0.2) is 4.98 Å². The largest absolute Gasteiger partial charge is 0.330 e. The molecule has 3 nitrogen and oxygen atoms in total. The van der Waals surface area contributed by atoms with E-state index in [-0.39, 0.29) is 11.9 Å². The lowest BCUT2D eigenvalue weighted by Gasteiger charge is -2.23. The third-order valence-electron chi connectivity index (χ3n) is 4.40. The first kappa shape index (κ1) is 15.5. The molecule has 1 fully saturated rings. The fourth-order valence-electron chi connectivity index (χ4n) is 3.22. The highest BCUT2D eigenvalue weighted by molar-refractivity contribution is 7.17. The molecule has 1 atom stereocenters. The second-order valence-corrected chi connectivity index (χ2v) is 7.95. The second-order valence-electron chi connectivity index (χ2n) is 5.97. The average Bonchev–Trinajstić information content (AvgIpc) is 3.35. The number of aryl methyl sites for hydroxylation is 1. The summed E-state index contributed by atoms with van der Waals surface area (Å²) in [5.74, 6) is 0.128. The number of likely N-dealkylation sites (tertiary alicyclic amines) is 1. The summed E-state index contributed by atoms with van der Waals surface area (Å²) in [4.78, 5) is 21.8. The van der Waals surface area contributed by atoms with E-state index < -0.39 is 0 Å². The Morgan fingerprint density at radius 1 is 1.21 bits per heavy atom. The highest BCUT2D eigenvalue weighted by Crippen LogP contribution is 2.37. The summed E-state index contributed by atoms with van der Waals surface area (Å²) in [6.07, 6.45) is 2.12. The number of hydrogen-bond acceptors (Lipinski definition) is 4. The number of amides is 1. The van der Waals surface area contributed by atoms with E-state index in [0.29, 0.717) is 0 Å². The minimum atomic E-state index is 0.128. The van der Waals surface area contributed by atoms with Gasteiger partial charge in [-0.15, -0.1) is 22.7 Å². The fourth-order valence-corrected chi connectivity index (χ4v) is 5.12. The van der Waals surface area contributed by atoms with Crippen molar-refractivity contribution in [2.24, 2.45) is 0 Å². The second kappa shape index (κ2) is 6.49. The van der Waals surface area contributed by atoms with Crippen molar-refractivity contribution in [3.63, 3.8) is 0 Å². The number of rotatable bonds is 3. The van der Waals surface area contributed by atoms with Gasteiger partial charge in [-0.1, -0.05) is 36.4 Å². The van der Waals surface area contributed by atoms with Crippen LogP contribution in [0.4, 0.5) is 0 Å². The molecule has 0 saturated carbocycles. The normalized spacial score (nSPS) is 17.4. The zero-order valence-corrected chi connectivity index (χ0v) is 15.1. The summed E-state index contributed by atoms with van der Waals surface area (Å²) in [5.41, 5.74) is 1.90. The molecule has 5 heteroatoms. The number of benzene rings is 1. The van der Waals surface area contributed by atoms with E-state index in [1.165, 1.54) is 16.2 Å². The molecular weight excluding hydrogens is 336 g/mol. The van der Waals surface area contributed by atoms with Gasteiger partial charge in [0.1, 0.15) is 9.88 Å². The van der Waals surface area contributed by atoms with Crippen molar-refractivity contribution in [2.75, 3.05) is 6.54 Å².